The van der Waals surface area contributed by atoms with E-state index in [4.69, 9.17) is 15.9 Å². The number of amides is 1. The molecule has 202 valence electrons. The second-order valence-corrected chi connectivity index (χ2v) is 12.7. The molecule has 0 aromatic heterocycles. The predicted molar refractivity (Wildman–Crippen MR) is 140 cm³/mol. The van der Waals surface area contributed by atoms with Gasteiger partial charge in [0, 0.05) is 24.5 Å². The van der Waals surface area contributed by atoms with Crippen molar-refractivity contribution in [2.45, 2.75) is 114 Å². The third-order valence-electron chi connectivity index (χ3n) is 10.8. The molecule has 1 heterocycles. The number of nitrogens with two attached hydrogens (primary N) is 1. The van der Waals surface area contributed by atoms with Crippen LogP contribution >= 0.6 is 0 Å². The first-order chi connectivity index (χ1) is 17.4. The van der Waals surface area contributed by atoms with E-state index in [0.717, 1.165) is 69.7 Å². The highest BCUT2D eigenvalue weighted by atomic mass is 16.5. The Balaban J connectivity index is 1.28. The molecule has 1 aliphatic heterocycles. The van der Waals surface area contributed by atoms with E-state index in [1.165, 1.54) is 52.1 Å². The van der Waals surface area contributed by atoms with Crippen LogP contribution in [-0.4, -0.2) is 54.4 Å². The van der Waals surface area contributed by atoms with E-state index < -0.39 is 0 Å². The predicted octanol–water partition coefficient (Wildman–Crippen LogP) is 4.24. The van der Waals surface area contributed by atoms with E-state index in [9.17, 15) is 9.59 Å². The molecule has 0 bridgehead atoms. The molecule has 5 rings (SSSR count). The number of ether oxygens (including phenoxy) is 1. The zero-order chi connectivity index (χ0) is 25.2. The fraction of sp³-hybridized carbons (Fsp3) is 0.897. The maximum atomic E-state index is 13.8. The molecular formula is C29H48N4O3. The molecule has 0 aromatic carbocycles. The van der Waals surface area contributed by atoms with Crippen LogP contribution in [0.25, 0.3) is 0 Å². The average Bonchev–Trinajstić information content (AvgIpc) is 3.26. The third kappa shape index (κ3) is 5.46. The molecule has 7 unspecified atom stereocenters. The highest BCUT2D eigenvalue weighted by Crippen LogP contribution is 2.47. The Morgan fingerprint density at radius 1 is 0.889 bits per heavy atom. The lowest BCUT2D eigenvalue weighted by Crippen LogP contribution is -2.53. The topological polar surface area (TPSA) is 109 Å². The van der Waals surface area contributed by atoms with E-state index in [1.807, 2.05) is 0 Å². The van der Waals surface area contributed by atoms with Gasteiger partial charge in [-0.3, -0.25) is 19.9 Å². The normalized spacial score (nSPS) is 41.1. The maximum Gasteiger partial charge on any atom is 0.308 e. The van der Waals surface area contributed by atoms with Crippen LogP contribution in [0.4, 0.5) is 0 Å². The van der Waals surface area contributed by atoms with Crippen LogP contribution in [0, 0.1) is 40.9 Å². The molecule has 4 aliphatic carbocycles. The van der Waals surface area contributed by atoms with Gasteiger partial charge in [-0.25, -0.2) is 0 Å². The van der Waals surface area contributed by atoms with Crippen molar-refractivity contribution in [1.82, 2.24) is 10.2 Å². The van der Waals surface area contributed by atoms with E-state index in [-0.39, 0.29) is 35.8 Å². The summed E-state index contributed by atoms with van der Waals surface area (Å²) in [7, 11) is 1.46. The van der Waals surface area contributed by atoms with Crippen molar-refractivity contribution in [1.29, 1.82) is 5.41 Å². The van der Waals surface area contributed by atoms with Crippen molar-refractivity contribution < 1.29 is 14.3 Å². The van der Waals surface area contributed by atoms with Crippen LogP contribution in [0.1, 0.15) is 96.3 Å². The largest absolute Gasteiger partial charge is 0.469 e. The molecule has 0 spiro atoms. The van der Waals surface area contributed by atoms with E-state index in [0.29, 0.717) is 23.7 Å². The lowest BCUT2D eigenvalue weighted by atomic mass is 9.65. The van der Waals surface area contributed by atoms with Gasteiger partial charge in [0.15, 0.2) is 0 Å². The Hall–Kier alpha value is -1.63. The molecule has 7 heteroatoms. The number of rotatable bonds is 6. The van der Waals surface area contributed by atoms with Crippen molar-refractivity contribution in [3.05, 3.63) is 0 Å². The Bertz CT molecular complexity index is 808. The zero-order valence-electron chi connectivity index (χ0n) is 22.3. The van der Waals surface area contributed by atoms with E-state index in [2.05, 4.69) is 10.2 Å². The summed E-state index contributed by atoms with van der Waals surface area (Å²) in [5.41, 5.74) is 5.98. The SMILES string of the molecule is COC(=O)C1CCC(NC(=O)C2CC3CCC(C(=N)N)CC3N2CC2CCCC3CCCCC32)CC1. The van der Waals surface area contributed by atoms with Gasteiger partial charge in [0.1, 0.15) is 0 Å². The molecule has 0 aromatic rings. The van der Waals surface area contributed by atoms with Gasteiger partial charge >= 0.3 is 5.97 Å². The van der Waals surface area contributed by atoms with Gasteiger partial charge in [0.25, 0.3) is 0 Å². The Labute approximate surface area is 217 Å². The van der Waals surface area contributed by atoms with Crippen LogP contribution in [0.3, 0.4) is 0 Å². The second kappa shape index (κ2) is 11.4. The van der Waals surface area contributed by atoms with E-state index in [1.54, 1.807) is 0 Å². The Morgan fingerprint density at radius 3 is 2.36 bits per heavy atom. The summed E-state index contributed by atoms with van der Waals surface area (Å²) >= 11 is 0. The first-order valence-electron chi connectivity index (χ1n) is 14.9. The minimum Gasteiger partial charge on any atom is -0.469 e. The fourth-order valence-corrected chi connectivity index (χ4v) is 8.85. The van der Waals surface area contributed by atoms with Crippen LogP contribution in [0.15, 0.2) is 0 Å². The molecule has 1 amide bonds. The second-order valence-electron chi connectivity index (χ2n) is 12.7. The van der Waals surface area contributed by atoms with Crippen molar-refractivity contribution in [2.24, 2.45) is 41.2 Å². The van der Waals surface area contributed by atoms with E-state index >= 15 is 0 Å². The van der Waals surface area contributed by atoms with Gasteiger partial charge in [0.05, 0.1) is 24.9 Å². The molecule has 36 heavy (non-hydrogen) atoms. The third-order valence-corrected chi connectivity index (χ3v) is 10.8. The summed E-state index contributed by atoms with van der Waals surface area (Å²) in [6.45, 7) is 1.04. The number of methoxy groups -OCH3 is 1. The molecule has 0 radical (unpaired) electrons. The minimum absolute atomic E-state index is 0.0211. The van der Waals surface area contributed by atoms with Crippen molar-refractivity contribution in [3.63, 3.8) is 0 Å². The Kier molecular flexibility index (Phi) is 8.24. The number of hydrogen-bond donors (Lipinski definition) is 3. The highest BCUT2D eigenvalue weighted by molar-refractivity contribution is 5.83. The highest BCUT2D eigenvalue weighted by Gasteiger charge is 2.49. The molecule has 1 saturated heterocycles. The van der Waals surface area contributed by atoms with Crippen molar-refractivity contribution in [2.75, 3.05) is 13.7 Å². The summed E-state index contributed by atoms with van der Waals surface area (Å²) in [6.07, 6.45) is 16.8. The monoisotopic (exact) mass is 500 g/mol. The van der Waals surface area contributed by atoms with Gasteiger partial charge < -0.3 is 15.8 Å². The van der Waals surface area contributed by atoms with Gasteiger partial charge in [-0.1, -0.05) is 32.1 Å². The van der Waals surface area contributed by atoms with Crippen molar-refractivity contribution >= 4 is 17.7 Å². The number of esters is 1. The minimum atomic E-state index is -0.112. The number of carbonyl (C=O) groups is 2. The molecular weight excluding hydrogens is 452 g/mol. The summed E-state index contributed by atoms with van der Waals surface area (Å²) in [5, 5.41) is 11.5. The number of carbonyl (C=O) groups excluding carboxylic acids is 2. The summed E-state index contributed by atoms with van der Waals surface area (Å²) < 4.78 is 4.93. The average molecular weight is 501 g/mol. The fourth-order valence-electron chi connectivity index (χ4n) is 8.85. The number of nitrogens with zero attached hydrogens (tertiary/aromatic N) is 1. The molecule has 7 atom stereocenters. The molecule has 5 fully saturated rings. The van der Waals surface area contributed by atoms with Crippen LogP contribution in [-0.2, 0) is 14.3 Å². The molecule has 4 saturated carbocycles. The van der Waals surface area contributed by atoms with Gasteiger partial charge in [-0.2, -0.15) is 0 Å². The molecule has 7 nitrogen and oxygen atoms in total. The Morgan fingerprint density at radius 2 is 1.61 bits per heavy atom. The van der Waals surface area contributed by atoms with Crippen LogP contribution in [0.2, 0.25) is 0 Å². The molecule has 4 N–H and O–H groups in total. The first-order valence-corrected chi connectivity index (χ1v) is 14.9. The smallest absolute Gasteiger partial charge is 0.308 e. The number of likely N-dealkylation sites (tertiary alicyclic amines) is 1. The lowest BCUT2D eigenvalue weighted by Gasteiger charge is -2.45. The summed E-state index contributed by atoms with van der Waals surface area (Å²) in [5.74, 6) is 3.52. The molecule has 5 aliphatic rings. The number of amidine groups is 1. The zero-order valence-corrected chi connectivity index (χ0v) is 22.3. The summed E-state index contributed by atoms with van der Waals surface area (Å²) in [4.78, 5) is 28.3. The van der Waals surface area contributed by atoms with Crippen LogP contribution < -0.4 is 11.1 Å². The quantitative estimate of drug-likeness (QED) is 0.287. The van der Waals surface area contributed by atoms with Gasteiger partial charge in [-0.15, -0.1) is 0 Å². The lowest BCUT2D eigenvalue weighted by molar-refractivity contribution is -0.146. The standard InChI is InChI=1S/C29H48N4O3/c1-36-29(35)19-11-13-23(14-12-19)32-28(34)26-15-20-9-10-21(27(30)31)16-25(20)33(26)17-22-7-4-6-18-5-2-3-8-24(18)22/h18-26H,2-17H2,1H3,(H3,30,31)(H,32,34). The number of hydrogen-bond acceptors (Lipinski definition) is 5. The maximum absolute atomic E-state index is 13.8. The number of fused-ring (bicyclic) bond motifs is 2. The van der Waals surface area contributed by atoms with Crippen molar-refractivity contribution in [3.8, 4) is 0 Å². The van der Waals surface area contributed by atoms with Gasteiger partial charge in [-0.05, 0) is 87.9 Å². The number of nitrogens with one attached hydrogen (secondary N) is 2. The summed E-state index contributed by atoms with van der Waals surface area (Å²) in [6, 6.07) is 0.473. The van der Waals surface area contributed by atoms with Crippen LogP contribution in [0.5, 0.6) is 0 Å². The first kappa shape index (κ1) is 26.0. The van der Waals surface area contributed by atoms with Gasteiger partial charge in [0.2, 0.25) is 5.91 Å².